The molecule has 0 radical (unpaired) electrons. The van der Waals surface area contributed by atoms with Crippen LogP contribution in [0, 0.1) is 5.92 Å². The van der Waals surface area contributed by atoms with Crippen molar-refractivity contribution in [2.24, 2.45) is 5.92 Å². The minimum Gasteiger partial charge on any atom is -0.308 e. The maximum atomic E-state index is 12.3. The van der Waals surface area contributed by atoms with Crippen molar-refractivity contribution in [1.29, 1.82) is 0 Å². The Balaban J connectivity index is 1.30. The molecule has 0 atom stereocenters. The smallest absolute Gasteiger partial charge is 0.308 e. The third-order valence-corrected chi connectivity index (χ3v) is 5.35. The molecule has 1 aliphatic rings. The largest absolute Gasteiger partial charge is 0.345 e. The zero-order valence-electron chi connectivity index (χ0n) is 14.7. The summed E-state index contributed by atoms with van der Waals surface area (Å²) in [6.45, 7) is 1.67. The van der Waals surface area contributed by atoms with E-state index in [2.05, 4.69) is 20.2 Å². The van der Waals surface area contributed by atoms with Gasteiger partial charge in [0.15, 0.2) is 0 Å². The highest BCUT2D eigenvalue weighted by molar-refractivity contribution is 5.83. The summed E-state index contributed by atoms with van der Waals surface area (Å²) in [4.78, 5) is 27.0. The van der Waals surface area contributed by atoms with Gasteiger partial charge in [-0.2, -0.15) is 5.10 Å². The molecular formula is C20H19N5O2. The molecule has 1 saturated heterocycles. The van der Waals surface area contributed by atoms with Crippen LogP contribution in [0.2, 0.25) is 0 Å². The Kier molecular flexibility index (Phi) is 3.60. The van der Waals surface area contributed by atoms with E-state index < -0.39 is 0 Å². The van der Waals surface area contributed by atoms with Gasteiger partial charge in [0.2, 0.25) is 0 Å². The van der Waals surface area contributed by atoms with Crippen LogP contribution in [0.3, 0.4) is 0 Å². The normalized spacial score (nSPS) is 14.7. The lowest BCUT2D eigenvalue weighted by Gasteiger charge is -2.41. The van der Waals surface area contributed by atoms with E-state index >= 15 is 0 Å². The fourth-order valence-electron chi connectivity index (χ4n) is 3.91. The van der Waals surface area contributed by atoms with E-state index in [1.54, 1.807) is 4.68 Å². The lowest BCUT2D eigenvalue weighted by atomic mass is 9.94. The molecule has 0 spiro atoms. The SMILES string of the molecule is O=c1[nH]nc(CCC2CN(n3c(=O)[nH]c4ccccc43)C2)c2ccccc12. The van der Waals surface area contributed by atoms with Gasteiger partial charge in [-0.15, -0.1) is 0 Å². The number of aromatic nitrogens is 4. The molecule has 27 heavy (non-hydrogen) atoms. The van der Waals surface area contributed by atoms with E-state index in [-0.39, 0.29) is 11.2 Å². The second-order valence-electron chi connectivity index (χ2n) is 7.08. The maximum Gasteiger partial charge on any atom is 0.345 e. The monoisotopic (exact) mass is 361 g/mol. The van der Waals surface area contributed by atoms with Crippen molar-refractivity contribution < 1.29 is 0 Å². The molecule has 136 valence electrons. The molecule has 1 fully saturated rings. The van der Waals surface area contributed by atoms with Gasteiger partial charge in [0.25, 0.3) is 5.56 Å². The molecule has 0 bridgehead atoms. The number of hydrogen-bond acceptors (Lipinski definition) is 4. The number of aryl methyl sites for hydroxylation is 1. The number of fused-ring (bicyclic) bond motifs is 2. The molecule has 7 heteroatoms. The van der Waals surface area contributed by atoms with Crippen LogP contribution in [0.4, 0.5) is 0 Å². The van der Waals surface area contributed by atoms with Crippen LogP contribution >= 0.6 is 0 Å². The second kappa shape index (κ2) is 6.12. The van der Waals surface area contributed by atoms with Crippen molar-refractivity contribution in [1.82, 2.24) is 19.9 Å². The van der Waals surface area contributed by atoms with E-state index in [0.717, 1.165) is 48.0 Å². The summed E-state index contributed by atoms with van der Waals surface area (Å²) in [5, 5.41) is 10.5. The average molecular weight is 361 g/mol. The molecule has 1 aliphatic heterocycles. The van der Waals surface area contributed by atoms with Crippen molar-refractivity contribution in [3.05, 3.63) is 75.1 Å². The lowest BCUT2D eigenvalue weighted by Crippen LogP contribution is -2.56. The highest BCUT2D eigenvalue weighted by atomic mass is 16.2. The minimum atomic E-state index is -0.150. The zero-order chi connectivity index (χ0) is 18.4. The van der Waals surface area contributed by atoms with Crippen LogP contribution in [0.25, 0.3) is 21.8 Å². The molecule has 0 aliphatic carbocycles. The van der Waals surface area contributed by atoms with Crippen LogP contribution in [-0.4, -0.2) is 32.9 Å². The fourth-order valence-corrected chi connectivity index (χ4v) is 3.91. The van der Waals surface area contributed by atoms with E-state index in [0.29, 0.717) is 11.3 Å². The topological polar surface area (TPSA) is 86.8 Å². The number of hydrogen-bond donors (Lipinski definition) is 2. The van der Waals surface area contributed by atoms with Gasteiger partial charge in [-0.3, -0.25) is 4.79 Å². The van der Waals surface area contributed by atoms with Gasteiger partial charge in [-0.25, -0.2) is 14.6 Å². The van der Waals surface area contributed by atoms with Gasteiger partial charge in [-0.1, -0.05) is 30.3 Å². The number of imidazole rings is 1. The highest BCUT2D eigenvalue weighted by Gasteiger charge is 2.29. The first kappa shape index (κ1) is 15.9. The van der Waals surface area contributed by atoms with Gasteiger partial charge in [0.1, 0.15) is 0 Å². The Hall–Kier alpha value is -3.35. The van der Waals surface area contributed by atoms with Crippen molar-refractivity contribution in [3.63, 3.8) is 0 Å². The van der Waals surface area contributed by atoms with Gasteiger partial charge in [-0.05, 0) is 37.0 Å². The predicted molar refractivity (Wildman–Crippen MR) is 105 cm³/mol. The molecule has 5 rings (SSSR count). The van der Waals surface area contributed by atoms with Crippen LogP contribution in [0.15, 0.2) is 58.1 Å². The molecule has 0 unspecified atom stereocenters. The summed E-state index contributed by atoms with van der Waals surface area (Å²) in [6.07, 6.45) is 1.77. The van der Waals surface area contributed by atoms with Crippen LogP contribution < -0.4 is 16.3 Å². The summed E-state index contributed by atoms with van der Waals surface area (Å²) in [7, 11) is 0. The number of para-hydroxylation sites is 2. The average Bonchev–Trinajstić information content (AvgIpc) is 2.98. The fraction of sp³-hybridized carbons (Fsp3) is 0.250. The predicted octanol–water partition coefficient (Wildman–Crippen LogP) is 1.77. The van der Waals surface area contributed by atoms with E-state index in [1.807, 2.05) is 48.5 Å². The zero-order valence-corrected chi connectivity index (χ0v) is 14.7. The van der Waals surface area contributed by atoms with Crippen LogP contribution in [-0.2, 0) is 6.42 Å². The summed E-state index contributed by atoms with van der Waals surface area (Å²) in [6, 6.07) is 15.3. The van der Waals surface area contributed by atoms with Crippen molar-refractivity contribution in [3.8, 4) is 0 Å². The molecule has 3 heterocycles. The third-order valence-electron chi connectivity index (χ3n) is 5.35. The van der Waals surface area contributed by atoms with Crippen molar-refractivity contribution >= 4 is 21.8 Å². The second-order valence-corrected chi connectivity index (χ2v) is 7.08. The molecule has 2 N–H and O–H groups in total. The Morgan fingerprint density at radius 2 is 1.74 bits per heavy atom. The molecule has 2 aromatic heterocycles. The Morgan fingerprint density at radius 1 is 1.00 bits per heavy atom. The Bertz CT molecular complexity index is 1250. The van der Waals surface area contributed by atoms with Gasteiger partial charge in [0, 0.05) is 18.5 Å². The molecule has 2 aromatic carbocycles. The summed E-state index contributed by atoms with van der Waals surface area (Å²) >= 11 is 0. The molecule has 7 nitrogen and oxygen atoms in total. The van der Waals surface area contributed by atoms with Gasteiger partial charge < -0.3 is 9.99 Å². The quantitative estimate of drug-likeness (QED) is 0.580. The standard InChI is InChI=1S/C20H19N5O2/c26-19-15-6-2-1-5-14(15)16(22-23-19)10-9-13-11-24(12-13)25-18-8-4-3-7-17(18)21-20(25)27/h1-8,13H,9-12H2,(H,21,27)(H,23,26). The van der Waals surface area contributed by atoms with Crippen LogP contribution in [0.1, 0.15) is 12.1 Å². The van der Waals surface area contributed by atoms with Crippen LogP contribution in [0.5, 0.6) is 0 Å². The summed E-state index contributed by atoms with van der Waals surface area (Å²) in [5.41, 5.74) is 2.45. The molecule has 0 saturated carbocycles. The highest BCUT2D eigenvalue weighted by Crippen LogP contribution is 2.23. The Labute approximate surface area is 154 Å². The Morgan fingerprint density at radius 3 is 2.59 bits per heavy atom. The van der Waals surface area contributed by atoms with Gasteiger partial charge >= 0.3 is 5.69 Å². The van der Waals surface area contributed by atoms with Gasteiger partial charge in [0.05, 0.1) is 22.1 Å². The first-order valence-electron chi connectivity index (χ1n) is 9.12. The first-order chi connectivity index (χ1) is 13.2. The summed E-state index contributed by atoms with van der Waals surface area (Å²) < 4.78 is 1.74. The molecule has 4 aromatic rings. The van der Waals surface area contributed by atoms with Crippen molar-refractivity contribution in [2.75, 3.05) is 18.1 Å². The van der Waals surface area contributed by atoms with E-state index in [9.17, 15) is 9.59 Å². The third kappa shape index (κ3) is 2.63. The number of nitrogens with zero attached hydrogens (tertiary/aromatic N) is 3. The first-order valence-corrected chi connectivity index (χ1v) is 9.12. The number of H-pyrrole nitrogens is 2. The number of nitrogens with one attached hydrogen (secondary N) is 2. The number of rotatable bonds is 4. The summed E-state index contributed by atoms with van der Waals surface area (Å²) in [5.74, 6) is 0.498. The number of benzene rings is 2. The molecular weight excluding hydrogens is 342 g/mol. The minimum absolute atomic E-state index is 0.0945. The number of aromatic amines is 2. The van der Waals surface area contributed by atoms with Crippen molar-refractivity contribution in [2.45, 2.75) is 12.8 Å². The van der Waals surface area contributed by atoms with E-state index in [1.165, 1.54) is 0 Å². The van der Waals surface area contributed by atoms with E-state index in [4.69, 9.17) is 0 Å². The lowest BCUT2D eigenvalue weighted by molar-refractivity contribution is 0.315. The molecule has 0 amide bonds. The maximum absolute atomic E-state index is 12.3.